The Morgan fingerprint density at radius 2 is 2.00 bits per heavy atom. The lowest BCUT2D eigenvalue weighted by Gasteiger charge is -2.42. The number of benzene rings is 1. The molecule has 4 rings (SSSR count). The van der Waals surface area contributed by atoms with Gasteiger partial charge in [-0.25, -0.2) is 9.59 Å². The van der Waals surface area contributed by atoms with Crippen LogP contribution in [-0.4, -0.2) is 115 Å². The molecule has 0 aliphatic carbocycles. The highest BCUT2D eigenvalue weighted by Gasteiger charge is 2.64. The lowest BCUT2D eigenvalue weighted by molar-refractivity contribution is -0.161. The number of carbonyl (C=O) groups excluding carboxylic acids is 4. The van der Waals surface area contributed by atoms with Gasteiger partial charge < -0.3 is 38.6 Å². The second-order valence-electron chi connectivity index (χ2n) is 13.9. The monoisotopic (exact) mass is 797 g/mol. The molecule has 1 aromatic carbocycles. The predicted octanol–water partition coefficient (Wildman–Crippen LogP) is 5.31. The molecule has 0 spiro atoms. The fraction of sp³-hybridized carbons (Fsp3) is 0.622. The molecule has 3 heterocycles. The Balaban J connectivity index is 1.75. The Bertz CT molecular complexity index is 1600. The molecule has 2 saturated heterocycles. The van der Waals surface area contributed by atoms with E-state index in [1.165, 1.54) is 16.9 Å². The lowest BCUT2D eigenvalue weighted by Crippen LogP contribution is -2.63. The first-order valence-corrected chi connectivity index (χ1v) is 20.7. The second-order valence-corrected chi connectivity index (χ2v) is 16.9. The van der Waals surface area contributed by atoms with Crippen LogP contribution in [0, 0.1) is 5.92 Å². The summed E-state index contributed by atoms with van der Waals surface area (Å²) in [7, 11) is 7.67. The first kappa shape index (κ1) is 42.8. The Morgan fingerprint density at radius 1 is 1.28 bits per heavy atom. The third-order valence-electron chi connectivity index (χ3n) is 10.1. The number of halogens is 1. The quantitative estimate of drug-likeness (QED) is 0.137. The van der Waals surface area contributed by atoms with E-state index in [9.17, 15) is 24.3 Å². The lowest BCUT2D eigenvalue weighted by atomic mass is 9.83. The molecule has 2 N–H and O–H groups in total. The van der Waals surface area contributed by atoms with Crippen molar-refractivity contribution < 1.29 is 48.0 Å². The molecule has 2 fully saturated rings. The minimum atomic E-state index is -1.82. The van der Waals surface area contributed by atoms with Crippen LogP contribution >= 0.6 is 33.2 Å². The molecule has 0 radical (unpaired) electrons. The number of esters is 1. The molecule has 8 atom stereocenters. The molecule has 3 aliphatic heterocycles. The topological polar surface area (TPSA) is 156 Å². The van der Waals surface area contributed by atoms with Crippen LogP contribution in [0.2, 0.25) is 5.02 Å². The number of methoxy groups -OCH3 is 1. The normalized spacial score (nSPS) is 29.6. The summed E-state index contributed by atoms with van der Waals surface area (Å²) in [5, 5.41) is 14.5. The van der Waals surface area contributed by atoms with Gasteiger partial charge in [0.15, 0.2) is 5.72 Å². The van der Waals surface area contributed by atoms with E-state index in [-0.39, 0.29) is 30.2 Å². The molecule has 8 unspecified atom stereocenters. The van der Waals surface area contributed by atoms with Crippen molar-refractivity contribution in [2.24, 2.45) is 5.92 Å². The third-order valence-corrected chi connectivity index (χ3v) is 12.3. The van der Waals surface area contributed by atoms with E-state index in [2.05, 4.69) is 5.32 Å². The molecule has 16 heteroatoms. The highest BCUT2D eigenvalue weighted by Crippen LogP contribution is 2.49. The predicted molar refractivity (Wildman–Crippen MR) is 206 cm³/mol. The number of nitrogens with zero attached hydrogens (tertiary/aromatic N) is 2. The number of allylic oxidation sites excluding steroid dienone is 3. The third kappa shape index (κ3) is 10.0. The van der Waals surface area contributed by atoms with E-state index in [0.717, 1.165) is 11.1 Å². The summed E-state index contributed by atoms with van der Waals surface area (Å²) in [4.78, 5) is 56.4. The number of likely N-dealkylation sites (N-methyl/N-ethyl adjacent to an activating group) is 1. The molecule has 0 aromatic heterocycles. The maximum atomic E-state index is 14.2. The molecule has 1 aromatic rings. The van der Waals surface area contributed by atoms with Gasteiger partial charge in [0, 0.05) is 45.7 Å². The Hall–Kier alpha value is -2.95. The van der Waals surface area contributed by atoms with E-state index in [0.29, 0.717) is 30.2 Å². The van der Waals surface area contributed by atoms with E-state index in [1.54, 1.807) is 68.6 Å². The van der Waals surface area contributed by atoms with Gasteiger partial charge in [0.05, 0.1) is 24.8 Å². The zero-order chi connectivity index (χ0) is 39.2. The number of hydrogen-bond donors (Lipinski definition) is 2. The van der Waals surface area contributed by atoms with Crippen LogP contribution in [0.1, 0.15) is 59.4 Å². The second kappa shape index (κ2) is 18.1. The van der Waals surface area contributed by atoms with Crippen molar-refractivity contribution >= 4 is 62.8 Å². The zero-order valence-corrected chi connectivity index (χ0v) is 34.2. The summed E-state index contributed by atoms with van der Waals surface area (Å²) in [5.74, 6) is -0.874. The Kier molecular flexibility index (Phi) is 14.6. The number of hydrogen-bond acceptors (Lipinski definition) is 12. The first-order valence-electron chi connectivity index (χ1n) is 17.6. The summed E-state index contributed by atoms with van der Waals surface area (Å²) >= 11 is 6.83. The molecule has 0 saturated carbocycles. The number of epoxide rings is 1. The van der Waals surface area contributed by atoms with Crippen LogP contribution in [0.15, 0.2) is 35.9 Å². The fourth-order valence-corrected chi connectivity index (χ4v) is 8.18. The molecule has 294 valence electrons. The number of aliphatic hydroxyl groups is 1. The van der Waals surface area contributed by atoms with Crippen LogP contribution < -0.4 is 15.0 Å². The number of nitrogens with one attached hydrogen (secondary N) is 1. The van der Waals surface area contributed by atoms with Gasteiger partial charge in [0.1, 0.15) is 40.7 Å². The van der Waals surface area contributed by atoms with Gasteiger partial charge in [-0.15, -0.1) is 0 Å². The van der Waals surface area contributed by atoms with E-state index < -0.39 is 65.7 Å². The largest absolute Gasteiger partial charge is 0.492 e. The number of fused-ring (bicyclic) bond motifs is 5. The van der Waals surface area contributed by atoms with Crippen molar-refractivity contribution in [1.82, 2.24) is 10.2 Å². The average Bonchev–Trinajstić information content (AvgIpc) is 3.81. The van der Waals surface area contributed by atoms with Crippen LogP contribution in [0.25, 0.3) is 0 Å². The van der Waals surface area contributed by atoms with Gasteiger partial charge in [-0.2, -0.15) is 0 Å². The van der Waals surface area contributed by atoms with Gasteiger partial charge in [0.25, 0.3) is 0 Å². The summed E-state index contributed by atoms with van der Waals surface area (Å²) in [6.07, 6.45) is 3.20. The van der Waals surface area contributed by atoms with Gasteiger partial charge in [-0.3, -0.25) is 14.9 Å². The van der Waals surface area contributed by atoms with Gasteiger partial charge >= 0.3 is 12.1 Å². The average molecular weight is 798 g/mol. The summed E-state index contributed by atoms with van der Waals surface area (Å²) in [6, 6.07) is 2.68. The SMILES string of the molecule is CCOc1cc2cc(c1Cl)N(C)C(=O)CC(OC(=O)C(C)N(C)C(=O)CCSSC)C1(C)OC1C(C)C1CC(O)(NC(=O)O1)C(OC)C=CC=C(C)C2. The summed E-state index contributed by atoms with van der Waals surface area (Å²) in [6.45, 7) is 9.22. The van der Waals surface area contributed by atoms with Crippen LogP contribution in [0.3, 0.4) is 0 Å². The Morgan fingerprint density at radius 3 is 2.66 bits per heavy atom. The summed E-state index contributed by atoms with van der Waals surface area (Å²) < 4.78 is 29.5. The van der Waals surface area contributed by atoms with Crippen LogP contribution in [0.5, 0.6) is 5.75 Å². The van der Waals surface area contributed by atoms with Crippen molar-refractivity contribution in [3.8, 4) is 5.75 Å². The van der Waals surface area contributed by atoms with E-state index in [1.807, 2.05) is 38.3 Å². The number of ether oxygens (including phenoxy) is 5. The molecule has 4 bridgehead atoms. The van der Waals surface area contributed by atoms with Gasteiger partial charge in [0.2, 0.25) is 11.8 Å². The number of carbonyl (C=O) groups is 4. The maximum Gasteiger partial charge on any atom is 0.409 e. The highest BCUT2D eigenvalue weighted by molar-refractivity contribution is 8.76. The van der Waals surface area contributed by atoms with Crippen molar-refractivity contribution in [3.63, 3.8) is 0 Å². The Labute approximate surface area is 324 Å². The number of amides is 3. The van der Waals surface area contributed by atoms with Gasteiger partial charge in [-0.05, 0) is 58.1 Å². The minimum absolute atomic E-state index is 0.0448. The molecule has 3 amide bonds. The molecular formula is C37H52ClN3O10S2. The van der Waals surface area contributed by atoms with Gasteiger partial charge in [-0.1, -0.05) is 63.9 Å². The van der Waals surface area contributed by atoms with Crippen LogP contribution in [0.4, 0.5) is 10.5 Å². The molecule has 53 heavy (non-hydrogen) atoms. The molecule has 13 nitrogen and oxygen atoms in total. The van der Waals surface area contributed by atoms with Crippen LogP contribution in [-0.2, 0) is 39.8 Å². The smallest absolute Gasteiger partial charge is 0.409 e. The van der Waals surface area contributed by atoms with Crippen molar-refractivity contribution in [1.29, 1.82) is 0 Å². The zero-order valence-electron chi connectivity index (χ0n) is 31.8. The standard InChI is InChI=1S/C37H52ClN3O10S2/c1-10-48-26-18-24-16-21(2)12-11-13-28(47-8)37(46)20-27(49-35(45)39-37)22(3)33-36(5,51-33)29(19-31(43)41(7)25(17-24)32(26)38)50-34(44)23(4)40(6)30(42)14-15-53-52-9/h11-13,17-18,22-23,27-29,33,46H,10,14-16,19-20H2,1-9H3,(H,39,45). The highest BCUT2D eigenvalue weighted by atomic mass is 35.5. The maximum absolute atomic E-state index is 14.2. The van der Waals surface area contributed by atoms with Crippen molar-refractivity contribution in [3.05, 3.63) is 46.5 Å². The fourth-order valence-electron chi connectivity index (χ4n) is 6.72. The number of rotatable bonds is 10. The first-order chi connectivity index (χ1) is 25.0. The van der Waals surface area contributed by atoms with E-state index >= 15 is 0 Å². The minimum Gasteiger partial charge on any atom is -0.492 e. The number of alkyl carbamates (subject to hydrolysis) is 1. The van der Waals surface area contributed by atoms with Crippen molar-refractivity contribution in [2.45, 2.75) is 102 Å². The molecule has 3 aliphatic rings. The van der Waals surface area contributed by atoms with E-state index in [4.69, 9.17) is 35.3 Å². The number of anilines is 1. The molecular weight excluding hydrogens is 746 g/mol. The summed E-state index contributed by atoms with van der Waals surface area (Å²) in [5.41, 5.74) is -0.860. The van der Waals surface area contributed by atoms with Crippen molar-refractivity contribution in [2.75, 3.05) is 44.7 Å².